The van der Waals surface area contributed by atoms with Gasteiger partial charge in [-0.1, -0.05) is 52.0 Å². The van der Waals surface area contributed by atoms with Crippen LogP contribution in [0.4, 0.5) is 0 Å². The number of nitrogens with one attached hydrogen (secondary N) is 1. The van der Waals surface area contributed by atoms with Crippen LogP contribution in [0.1, 0.15) is 63.7 Å². The van der Waals surface area contributed by atoms with E-state index in [0.717, 1.165) is 18.0 Å². The van der Waals surface area contributed by atoms with Gasteiger partial charge in [0.1, 0.15) is 0 Å². The standard InChI is InChI=1S/C17H29NO/c1-13(2)6-5-11-18-12-17(19)16-9-7-15(8-10-16)14(3)4/h7-10,13-14,17-19H,5-6,11-12H2,1-4H3. The van der Waals surface area contributed by atoms with E-state index in [-0.39, 0.29) is 0 Å². The van der Waals surface area contributed by atoms with Crippen molar-refractivity contribution in [1.29, 1.82) is 0 Å². The highest BCUT2D eigenvalue weighted by Crippen LogP contribution is 2.18. The van der Waals surface area contributed by atoms with E-state index in [4.69, 9.17) is 0 Å². The number of aliphatic hydroxyl groups excluding tert-OH is 1. The van der Waals surface area contributed by atoms with Gasteiger partial charge in [0.25, 0.3) is 0 Å². The summed E-state index contributed by atoms with van der Waals surface area (Å²) >= 11 is 0. The van der Waals surface area contributed by atoms with Gasteiger partial charge in [0.05, 0.1) is 6.10 Å². The maximum atomic E-state index is 10.1. The summed E-state index contributed by atoms with van der Waals surface area (Å²) in [7, 11) is 0. The van der Waals surface area contributed by atoms with Crippen LogP contribution in [0.25, 0.3) is 0 Å². The molecule has 108 valence electrons. The van der Waals surface area contributed by atoms with Gasteiger partial charge in [0.15, 0.2) is 0 Å². The summed E-state index contributed by atoms with van der Waals surface area (Å²) in [6, 6.07) is 8.30. The van der Waals surface area contributed by atoms with Gasteiger partial charge in [-0.25, -0.2) is 0 Å². The molecule has 0 fully saturated rings. The van der Waals surface area contributed by atoms with Crippen molar-refractivity contribution >= 4 is 0 Å². The summed E-state index contributed by atoms with van der Waals surface area (Å²) in [5, 5.41) is 13.4. The van der Waals surface area contributed by atoms with Crippen molar-refractivity contribution in [2.75, 3.05) is 13.1 Å². The van der Waals surface area contributed by atoms with Crippen LogP contribution in [-0.2, 0) is 0 Å². The average Bonchev–Trinajstić information content (AvgIpc) is 2.37. The van der Waals surface area contributed by atoms with E-state index >= 15 is 0 Å². The summed E-state index contributed by atoms with van der Waals surface area (Å²) in [5.74, 6) is 1.30. The lowest BCUT2D eigenvalue weighted by molar-refractivity contribution is 0.174. The zero-order valence-electron chi connectivity index (χ0n) is 12.8. The molecule has 0 aliphatic heterocycles. The molecule has 1 rings (SSSR count). The van der Waals surface area contributed by atoms with Crippen LogP contribution in [0.3, 0.4) is 0 Å². The minimum atomic E-state index is -0.403. The largest absolute Gasteiger partial charge is 0.387 e. The molecule has 1 aromatic rings. The molecule has 1 aromatic carbocycles. The SMILES string of the molecule is CC(C)CCCNCC(O)c1ccc(C(C)C)cc1. The Balaban J connectivity index is 2.31. The zero-order chi connectivity index (χ0) is 14.3. The summed E-state index contributed by atoms with van der Waals surface area (Å²) in [5.41, 5.74) is 2.32. The highest BCUT2D eigenvalue weighted by molar-refractivity contribution is 5.26. The smallest absolute Gasteiger partial charge is 0.0914 e. The Bertz CT molecular complexity index is 343. The van der Waals surface area contributed by atoms with Gasteiger partial charge in [-0.2, -0.15) is 0 Å². The Morgan fingerprint density at radius 2 is 1.58 bits per heavy atom. The maximum absolute atomic E-state index is 10.1. The molecule has 2 N–H and O–H groups in total. The van der Waals surface area contributed by atoms with Gasteiger partial charge >= 0.3 is 0 Å². The first-order chi connectivity index (χ1) is 9.00. The fourth-order valence-corrected chi connectivity index (χ4v) is 2.10. The van der Waals surface area contributed by atoms with Crippen molar-refractivity contribution in [3.8, 4) is 0 Å². The molecular weight excluding hydrogens is 234 g/mol. The van der Waals surface area contributed by atoms with Gasteiger partial charge in [-0.15, -0.1) is 0 Å². The van der Waals surface area contributed by atoms with Gasteiger partial charge in [-0.3, -0.25) is 0 Å². The molecule has 0 aliphatic carbocycles. The normalized spacial score (nSPS) is 13.2. The van der Waals surface area contributed by atoms with Gasteiger partial charge < -0.3 is 10.4 Å². The van der Waals surface area contributed by atoms with Crippen molar-refractivity contribution in [3.05, 3.63) is 35.4 Å². The molecule has 0 bridgehead atoms. The Labute approximate surface area is 118 Å². The molecule has 0 heterocycles. The summed E-state index contributed by atoms with van der Waals surface area (Å²) in [6.45, 7) is 10.5. The van der Waals surface area contributed by atoms with E-state index in [9.17, 15) is 5.11 Å². The molecule has 0 saturated heterocycles. The third kappa shape index (κ3) is 6.22. The fourth-order valence-electron chi connectivity index (χ4n) is 2.10. The monoisotopic (exact) mass is 263 g/mol. The minimum Gasteiger partial charge on any atom is -0.387 e. The molecule has 2 heteroatoms. The van der Waals surface area contributed by atoms with E-state index in [0.29, 0.717) is 12.5 Å². The average molecular weight is 263 g/mol. The third-order valence-electron chi connectivity index (χ3n) is 3.46. The first-order valence-corrected chi connectivity index (χ1v) is 7.49. The van der Waals surface area contributed by atoms with Crippen molar-refractivity contribution in [3.63, 3.8) is 0 Å². The molecular formula is C17H29NO. The van der Waals surface area contributed by atoms with Crippen LogP contribution < -0.4 is 5.32 Å². The first-order valence-electron chi connectivity index (χ1n) is 7.49. The lowest BCUT2D eigenvalue weighted by Crippen LogP contribution is -2.22. The molecule has 0 spiro atoms. The Hall–Kier alpha value is -0.860. The number of aliphatic hydroxyl groups is 1. The number of hydrogen-bond acceptors (Lipinski definition) is 2. The Kier molecular flexibility index (Phi) is 7.11. The van der Waals surface area contributed by atoms with Crippen molar-refractivity contribution < 1.29 is 5.11 Å². The molecule has 0 aromatic heterocycles. The predicted molar refractivity (Wildman–Crippen MR) is 82.4 cm³/mol. The zero-order valence-corrected chi connectivity index (χ0v) is 12.8. The van der Waals surface area contributed by atoms with Crippen LogP contribution in [0.5, 0.6) is 0 Å². The molecule has 0 aliphatic rings. The van der Waals surface area contributed by atoms with Crippen LogP contribution in [0.15, 0.2) is 24.3 Å². The van der Waals surface area contributed by atoms with Crippen LogP contribution in [0.2, 0.25) is 0 Å². The lowest BCUT2D eigenvalue weighted by atomic mass is 10.00. The minimum absolute atomic E-state index is 0.403. The van der Waals surface area contributed by atoms with Crippen LogP contribution in [0, 0.1) is 5.92 Å². The highest BCUT2D eigenvalue weighted by atomic mass is 16.3. The molecule has 2 nitrogen and oxygen atoms in total. The van der Waals surface area contributed by atoms with E-state index in [1.807, 2.05) is 12.1 Å². The molecule has 0 radical (unpaired) electrons. The number of rotatable bonds is 8. The van der Waals surface area contributed by atoms with E-state index in [2.05, 4.69) is 45.1 Å². The topological polar surface area (TPSA) is 32.3 Å². The summed E-state index contributed by atoms with van der Waals surface area (Å²) < 4.78 is 0. The van der Waals surface area contributed by atoms with Gasteiger partial charge in [0, 0.05) is 6.54 Å². The molecule has 1 unspecified atom stereocenters. The van der Waals surface area contributed by atoms with Crippen LogP contribution in [-0.4, -0.2) is 18.2 Å². The molecule has 19 heavy (non-hydrogen) atoms. The second kappa shape index (κ2) is 8.34. The predicted octanol–water partition coefficient (Wildman–Crippen LogP) is 3.87. The van der Waals surface area contributed by atoms with E-state index in [1.165, 1.54) is 18.4 Å². The number of benzene rings is 1. The summed E-state index contributed by atoms with van der Waals surface area (Å²) in [6.07, 6.45) is 2.02. The second-order valence-corrected chi connectivity index (χ2v) is 6.08. The molecule has 1 atom stereocenters. The first kappa shape index (κ1) is 16.2. The van der Waals surface area contributed by atoms with Gasteiger partial charge in [0.2, 0.25) is 0 Å². The highest BCUT2D eigenvalue weighted by Gasteiger charge is 2.07. The third-order valence-corrected chi connectivity index (χ3v) is 3.46. The fraction of sp³-hybridized carbons (Fsp3) is 0.647. The quantitative estimate of drug-likeness (QED) is 0.698. The van der Waals surface area contributed by atoms with Crippen LogP contribution >= 0.6 is 0 Å². The molecule has 0 saturated carbocycles. The van der Waals surface area contributed by atoms with E-state index < -0.39 is 6.10 Å². The maximum Gasteiger partial charge on any atom is 0.0914 e. The van der Waals surface area contributed by atoms with Gasteiger partial charge in [-0.05, 0) is 42.3 Å². The number of hydrogen-bond donors (Lipinski definition) is 2. The Morgan fingerprint density at radius 1 is 1.00 bits per heavy atom. The van der Waals surface area contributed by atoms with E-state index in [1.54, 1.807) is 0 Å². The summed E-state index contributed by atoms with van der Waals surface area (Å²) in [4.78, 5) is 0. The van der Waals surface area contributed by atoms with Crippen molar-refractivity contribution in [2.24, 2.45) is 5.92 Å². The lowest BCUT2D eigenvalue weighted by Gasteiger charge is -2.14. The molecule has 0 amide bonds. The van der Waals surface area contributed by atoms with Crippen molar-refractivity contribution in [2.45, 2.75) is 52.6 Å². The Morgan fingerprint density at radius 3 is 2.11 bits per heavy atom. The second-order valence-electron chi connectivity index (χ2n) is 6.08. The van der Waals surface area contributed by atoms with Crippen molar-refractivity contribution in [1.82, 2.24) is 5.32 Å².